The predicted molar refractivity (Wildman–Crippen MR) is 164 cm³/mol. The van der Waals surface area contributed by atoms with Crippen LogP contribution in [0, 0.1) is 6.92 Å². The Hall–Kier alpha value is -3.07. The van der Waals surface area contributed by atoms with Gasteiger partial charge in [0.15, 0.2) is 0 Å². The highest BCUT2D eigenvalue weighted by atomic mass is 16.5. The highest BCUT2D eigenvalue weighted by Gasteiger charge is 2.30. The number of phenols is 1. The van der Waals surface area contributed by atoms with Crippen LogP contribution in [0.1, 0.15) is 121 Å². The zero-order valence-electron chi connectivity index (χ0n) is 26.4. The molecule has 3 aromatic carbocycles. The van der Waals surface area contributed by atoms with Crippen LogP contribution in [0.3, 0.4) is 0 Å². The molecule has 3 aromatic rings. The van der Waals surface area contributed by atoms with Crippen molar-refractivity contribution >= 4 is 5.97 Å². The maximum Gasteiger partial charge on any atom is 0.343 e. The average molecular weight is 529 g/mol. The third-order valence-electron chi connectivity index (χ3n) is 7.33. The molecule has 0 radical (unpaired) electrons. The Morgan fingerprint density at radius 2 is 1.15 bits per heavy atom. The summed E-state index contributed by atoms with van der Waals surface area (Å²) in [7, 11) is 0. The van der Waals surface area contributed by atoms with E-state index in [0.717, 1.165) is 27.8 Å². The fourth-order valence-corrected chi connectivity index (χ4v) is 4.99. The van der Waals surface area contributed by atoms with Crippen LogP contribution in [-0.4, -0.2) is 11.1 Å². The van der Waals surface area contributed by atoms with Gasteiger partial charge in [0, 0.05) is 16.7 Å². The van der Waals surface area contributed by atoms with Gasteiger partial charge in [-0.15, -0.1) is 0 Å². The summed E-state index contributed by atoms with van der Waals surface area (Å²) >= 11 is 0. The standard InChI is InChI=1S/C36H48O3/c1-22-18-24(33(2,3)4)21-26(34(5,6)7)30(22)25-16-14-15-17-29(25)39-32(38)23-19-27(35(8,9)10)31(37)28(20-23)36(11,12)13/h14-21,37H,1-13H3. The van der Waals surface area contributed by atoms with Gasteiger partial charge >= 0.3 is 5.97 Å². The van der Waals surface area contributed by atoms with E-state index in [4.69, 9.17) is 4.74 Å². The maximum absolute atomic E-state index is 13.7. The van der Waals surface area contributed by atoms with Crippen LogP contribution in [0.5, 0.6) is 11.5 Å². The van der Waals surface area contributed by atoms with Crippen LogP contribution in [0.4, 0.5) is 0 Å². The molecule has 210 valence electrons. The summed E-state index contributed by atoms with van der Waals surface area (Å²) in [5, 5.41) is 11.1. The molecule has 0 saturated heterocycles. The minimum absolute atomic E-state index is 0.0175. The number of hydrogen-bond acceptors (Lipinski definition) is 3. The molecule has 1 N–H and O–H groups in total. The second-order valence-electron chi connectivity index (χ2n) is 15.0. The number of benzene rings is 3. The summed E-state index contributed by atoms with van der Waals surface area (Å²) in [6, 6.07) is 15.9. The third kappa shape index (κ3) is 6.57. The van der Waals surface area contributed by atoms with Gasteiger partial charge in [-0.2, -0.15) is 0 Å². The number of hydrogen-bond donors (Lipinski definition) is 1. The molecule has 3 rings (SSSR count). The molecule has 0 aromatic heterocycles. The lowest BCUT2D eigenvalue weighted by atomic mass is 9.75. The van der Waals surface area contributed by atoms with Crippen LogP contribution in [0.2, 0.25) is 0 Å². The zero-order valence-corrected chi connectivity index (χ0v) is 26.4. The van der Waals surface area contributed by atoms with E-state index >= 15 is 0 Å². The van der Waals surface area contributed by atoms with Gasteiger partial charge in [0.05, 0.1) is 5.56 Å². The van der Waals surface area contributed by atoms with E-state index in [1.54, 1.807) is 12.1 Å². The number of carbonyl (C=O) groups is 1. The Labute approximate surface area is 236 Å². The van der Waals surface area contributed by atoms with Gasteiger partial charge < -0.3 is 9.84 Å². The Balaban J connectivity index is 2.19. The van der Waals surface area contributed by atoms with Gasteiger partial charge in [-0.3, -0.25) is 0 Å². The molecule has 0 aliphatic carbocycles. The van der Waals surface area contributed by atoms with Gasteiger partial charge in [0.2, 0.25) is 0 Å². The van der Waals surface area contributed by atoms with E-state index in [9.17, 15) is 9.90 Å². The van der Waals surface area contributed by atoms with Crippen molar-refractivity contribution in [3.63, 3.8) is 0 Å². The molecule has 0 atom stereocenters. The Morgan fingerprint density at radius 1 is 0.667 bits per heavy atom. The van der Waals surface area contributed by atoms with Crippen LogP contribution in [0.15, 0.2) is 48.5 Å². The smallest absolute Gasteiger partial charge is 0.343 e. The molecule has 0 bridgehead atoms. The molecule has 0 unspecified atom stereocenters. The van der Waals surface area contributed by atoms with Crippen molar-refractivity contribution in [3.8, 4) is 22.6 Å². The van der Waals surface area contributed by atoms with E-state index < -0.39 is 5.97 Å². The monoisotopic (exact) mass is 528 g/mol. The lowest BCUT2D eigenvalue weighted by Crippen LogP contribution is -2.20. The number of phenolic OH excluding ortho intramolecular Hbond substituents is 1. The third-order valence-corrected chi connectivity index (χ3v) is 7.33. The molecule has 3 heteroatoms. The number of aromatic hydroxyl groups is 1. The zero-order chi connectivity index (χ0) is 29.7. The topological polar surface area (TPSA) is 46.5 Å². The summed E-state index contributed by atoms with van der Waals surface area (Å²) in [6.45, 7) is 27.8. The number of ether oxygens (including phenoxy) is 1. The number of rotatable bonds is 3. The van der Waals surface area contributed by atoms with Crippen molar-refractivity contribution in [3.05, 3.63) is 81.9 Å². The number of carbonyl (C=O) groups excluding carboxylic acids is 1. The minimum Gasteiger partial charge on any atom is -0.507 e. The van der Waals surface area contributed by atoms with Crippen molar-refractivity contribution in [2.24, 2.45) is 0 Å². The van der Waals surface area contributed by atoms with Crippen molar-refractivity contribution in [1.82, 2.24) is 0 Å². The summed E-state index contributed by atoms with van der Waals surface area (Å²) in [4.78, 5) is 13.7. The first-order valence-corrected chi connectivity index (χ1v) is 14.0. The van der Waals surface area contributed by atoms with E-state index in [1.807, 2.05) is 65.8 Å². The predicted octanol–water partition coefficient (Wildman–Crippen LogP) is 9.78. The first kappa shape index (κ1) is 30.5. The number of aryl methyl sites for hydroxylation is 1. The molecular formula is C36H48O3. The van der Waals surface area contributed by atoms with Crippen molar-refractivity contribution < 1.29 is 14.6 Å². The van der Waals surface area contributed by atoms with Gasteiger partial charge in [-0.25, -0.2) is 4.79 Å². The first-order valence-electron chi connectivity index (χ1n) is 14.0. The molecule has 0 heterocycles. The molecular weight excluding hydrogens is 480 g/mol. The van der Waals surface area contributed by atoms with Crippen LogP contribution in [-0.2, 0) is 21.7 Å². The van der Waals surface area contributed by atoms with Crippen molar-refractivity contribution in [1.29, 1.82) is 0 Å². The van der Waals surface area contributed by atoms with Gasteiger partial charge in [-0.1, -0.05) is 113 Å². The van der Waals surface area contributed by atoms with E-state index in [-0.39, 0.29) is 27.4 Å². The van der Waals surface area contributed by atoms with Gasteiger partial charge in [0.25, 0.3) is 0 Å². The second-order valence-corrected chi connectivity index (χ2v) is 15.0. The lowest BCUT2D eigenvalue weighted by molar-refractivity contribution is 0.0735. The highest BCUT2D eigenvalue weighted by molar-refractivity contribution is 5.93. The maximum atomic E-state index is 13.7. The summed E-state index contributed by atoms with van der Waals surface area (Å²) in [6.07, 6.45) is 0. The molecule has 0 fully saturated rings. The molecule has 0 saturated carbocycles. The SMILES string of the molecule is Cc1cc(C(C)(C)C)cc(C(C)(C)C)c1-c1ccccc1OC(=O)c1cc(C(C)(C)C)c(O)c(C(C)(C)C)c1. The Morgan fingerprint density at radius 3 is 1.62 bits per heavy atom. The summed E-state index contributed by atoms with van der Waals surface area (Å²) in [5.41, 5.74) is 6.81. The van der Waals surface area contributed by atoms with E-state index in [1.165, 1.54) is 11.1 Å². The lowest BCUT2D eigenvalue weighted by Gasteiger charge is -2.30. The van der Waals surface area contributed by atoms with Crippen LogP contribution >= 0.6 is 0 Å². The Bertz CT molecular complexity index is 1350. The first-order chi connectivity index (χ1) is 17.6. The fourth-order valence-electron chi connectivity index (χ4n) is 4.99. The molecule has 39 heavy (non-hydrogen) atoms. The molecule has 0 aliphatic rings. The van der Waals surface area contributed by atoms with Crippen molar-refractivity contribution in [2.45, 2.75) is 112 Å². The van der Waals surface area contributed by atoms with Gasteiger partial charge in [0.1, 0.15) is 11.5 Å². The number of esters is 1. The van der Waals surface area contributed by atoms with E-state index in [2.05, 4.69) is 60.6 Å². The summed E-state index contributed by atoms with van der Waals surface area (Å²) < 4.78 is 6.16. The van der Waals surface area contributed by atoms with Gasteiger partial charge in [-0.05, 0) is 69.0 Å². The quantitative estimate of drug-likeness (QED) is 0.272. The van der Waals surface area contributed by atoms with Crippen LogP contribution < -0.4 is 4.74 Å². The Kier molecular flexibility index (Phi) is 7.93. The molecule has 0 aliphatic heterocycles. The molecule has 0 spiro atoms. The highest BCUT2D eigenvalue weighted by Crippen LogP contribution is 2.43. The molecule has 0 amide bonds. The minimum atomic E-state index is -0.431. The largest absolute Gasteiger partial charge is 0.507 e. The summed E-state index contributed by atoms with van der Waals surface area (Å²) in [5.74, 6) is 0.346. The molecule has 3 nitrogen and oxygen atoms in total. The van der Waals surface area contributed by atoms with Crippen molar-refractivity contribution in [2.75, 3.05) is 0 Å². The van der Waals surface area contributed by atoms with E-state index in [0.29, 0.717) is 11.3 Å². The number of para-hydroxylation sites is 1. The van der Waals surface area contributed by atoms with Crippen LogP contribution in [0.25, 0.3) is 11.1 Å². The fraction of sp³-hybridized carbons (Fsp3) is 0.472. The normalized spacial score (nSPS) is 12.9. The second kappa shape index (κ2) is 10.2. The average Bonchev–Trinajstić information content (AvgIpc) is 2.76.